The second-order valence-corrected chi connectivity index (χ2v) is 4.90. The first-order valence-electron chi connectivity index (χ1n) is 7.10. The Morgan fingerprint density at radius 2 is 1.29 bits per heavy atom. The lowest BCUT2D eigenvalue weighted by Crippen LogP contribution is -2.02. The zero-order valence-corrected chi connectivity index (χ0v) is 13.5. The molecule has 0 unspecified atom stereocenters. The van der Waals surface area contributed by atoms with Crippen molar-refractivity contribution >= 4 is 47.7 Å². The Morgan fingerprint density at radius 3 is 1.79 bits per heavy atom. The van der Waals surface area contributed by atoms with Gasteiger partial charge in [0.2, 0.25) is 10.8 Å². The van der Waals surface area contributed by atoms with Gasteiger partial charge in [-0.15, -0.1) is 0 Å². The highest BCUT2D eigenvalue weighted by molar-refractivity contribution is 6.50. The van der Waals surface area contributed by atoms with Crippen molar-refractivity contribution < 1.29 is 34.5 Å². The third-order valence-corrected chi connectivity index (χ3v) is 2.83. The Kier molecular flexibility index (Phi) is 7.21. The van der Waals surface area contributed by atoms with Gasteiger partial charge in [-0.05, 0) is 12.1 Å². The van der Waals surface area contributed by atoms with Crippen LogP contribution in [0.5, 0.6) is 0 Å². The molecule has 3 aromatic rings. The average molecular weight is 407 g/mol. The SMILES string of the molecule is F[B-](F)(F)F.F[B-](F)(F)F.N#[N+]c1ccc2cc3cccc([N+]#N)c3nc2c1. The quantitative estimate of drug-likeness (QED) is 0.175. The molecule has 146 valence electrons. The Labute approximate surface area is 151 Å². The molecule has 5 nitrogen and oxygen atoms in total. The van der Waals surface area contributed by atoms with Crippen LogP contribution in [0, 0.1) is 10.8 Å². The maximum Gasteiger partial charge on any atom is 0.673 e. The predicted octanol–water partition coefficient (Wildman–Crippen LogP) is 6.96. The molecular weight excluding hydrogens is 400 g/mol. The van der Waals surface area contributed by atoms with Crippen LogP contribution in [-0.4, -0.2) is 19.5 Å². The molecule has 0 aliphatic heterocycles. The second-order valence-electron chi connectivity index (χ2n) is 4.90. The highest BCUT2D eigenvalue weighted by Gasteiger charge is 2.21. The van der Waals surface area contributed by atoms with Crippen molar-refractivity contribution in [2.45, 2.75) is 0 Å². The minimum atomic E-state index is -6.00. The van der Waals surface area contributed by atoms with Crippen LogP contribution >= 0.6 is 0 Å². The molecule has 0 spiro atoms. The monoisotopic (exact) mass is 407 g/mol. The van der Waals surface area contributed by atoms with Gasteiger partial charge in [-0.1, -0.05) is 12.1 Å². The topological polar surface area (TPSA) is 69.2 Å². The summed E-state index contributed by atoms with van der Waals surface area (Å²) in [4.78, 5) is 10.8. The lowest BCUT2D eigenvalue weighted by Gasteiger charge is -1.97. The van der Waals surface area contributed by atoms with E-state index < -0.39 is 14.5 Å². The van der Waals surface area contributed by atoms with E-state index in [-0.39, 0.29) is 0 Å². The lowest BCUT2D eigenvalue weighted by atomic mass is 10.1. The number of para-hydroxylation sites is 1. The van der Waals surface area contributed by atoms with Crippen LogP contribution < -0.4 is 0 Å². The second kappa shape index (κ2) is 8.94. The molecule has 0 N–H and O–H groups in total. The molecule has 0 amide bonds. The smallest absolute Gasteiger partial charge is 0.418 e. The number of aromatic nitrogens is 1. The highest BCUT2D eigenvalue weighted by atomic mass is 19.5. The third-order valence-electron chi connectivity index (χ3n) is 2.83. The van der Waals surface area contributed by atoms with Crippen LogP contribution in [-0.2, 0) is 0 Å². The number of halogens is 8. The van der Waals surface area contributed by atoms with Crippen molar-refractivity contribution in [1.29, 1.82) is 10.8 Å². The first kappa shape index (κ1) is 22.6. The van der Waals surface area contributed by atoms with Gasteiger partial charge >= 0.3 is 25.9 Å². The van der Waals surface area contributed by atoms with E-state index in [1.165, 1.54) is 0 Å². The maximum atomic E-state index is 9.75. The fourth-order valence-corrected chi connectivity index (χ4v) is 1.97. The maximum absolute atomic E-state index is 9.75. The van der Waals surface area contributed by atoms with Crippen LogP contribution in [0.15, 0.2) is 42.5 Å². The van der Waals surface area contributed by atoms with Crippen LogP contribution in [0.4, 0.5) is 45.9 Å². The van der Waals surface area contributed by atoms with Gasteiger partial charge in [0.25, 0.3) is 0 Å². The Hall–Kier alpha value is -3.48. The van der Waals surface area contributed by atoms with Crippen LogP contribution in [0.3, 0.4) is 0 Å². The van der Waals surface area contributed by atoms with Crippen LogP contribution in [0.25, 0.3) is 31.8 Å². The van der Waals surface area contributed by atoms with Crippen molar-refractivity contribution in [1.82, 2.24) is 4.98 Å². The normalized spacial score (nSPS) is 10.8. The van der Waals surface area contributed by atoms with Crippen molar-refractivity contribution in [3.63, 3.8) is 0 Å². The zero-order chi connectivity index (χ0) is 21.5. The summed E-state index contributed by atoms with van der Waals surface area (Å²) < 4.78 is 78.0. The van der Waals surface area contributed by atoms with Crippen molar-refractivity contribution in [3.05, 3.63) is 52.4 Å². The first-order valence-corrected chi connectivity index (χ1v) is 7.10. The molecule has 3 rings (SSSR count). The molecule has 1 heterocycles. The van der Waals surface area contributed by atoms with E-state index in [1.807, 2.05) is 24.3 Å². The summed E-state index contributed by atoms with van der Waals surface area (Å²) in [5, 5.41) is 19.5. The van der Waals surface area contributed by atoms with E-state index in [0.29, 0.717) is 22.4 Å². The molecular formula is C13H7B2F8N5. The van der Waals surface area contributed by atoms with Gasteiger partial charge in [-0.3, -0.25) is 0 Å². The van der Waals surface area contributed by atoms with Gasteiger partial charge in [0, 0.05) is 22.9 Å². The van der Waals surface area contributed by atoms with Gasteiger partial charge in [-0.2, -0.15) is 0 Å². The lowest BCUT2D eigenvalue weighted by molar-refractivity contribution is 0.366. The minimum Gasteiger partial charge on any atom is -0.418 e. The third kappa shape index (κ3) is 8.27. The number of rotatable bonds is 0. The molecule has 0 aliphatic rings. The molecule has 15 heteroatoms. The van der Waals surface area contributed by atoms with Gasteiger partial charge in [0.15, 0.2) is 15.5 Å². The van der Waals surface area contributed by atoms with E-state index in [0.717, 1.165) is 10.8 Å². The Balaban J connectivity index is 0.000000329. The fraction of sp³-hybridized carbons (Fsp3) is 0. The summed E-state index contributed by atoms with van der Waals surface area (Å²) in [5.74, 6) is 0. The summed E-state index contributed by atoms with van der Waals surface area (Å²) >= 11 is 0. The largest absolute Gasteiger partial charge is 0.673 e. The number of fused-ring (bicyclic) bond motifs is 2. The average Bonchev–Trinajstić information content (AvgIpc) is 2.56. The molecule has 0 fully saturated rings. The van der Waals surface area contributed by atoms with Crippen molar-refractivity contribution in [2.24, 2.45) is 0 Å². The number of hydrogen-bond donors (Lipinski definition) is 0. The van der Waals surface area contributed by atoms with Crippen molar-refractivity contribution in [3.8, 4) is 0 Å². The van der Waals surface area contributed by atoms with E-state index in [9.17, 15) is 34.5 Å². The number of pyridine rings is 1. The molecule has 0 saturated carbocycles. The fourth-order valence-electron chi connectivity index (χ4n) is 1.97. The Morgan fingerprint density at radius 1 is 0.714 bits per heavy atom. The van der Waals surface area contributed by atoms with E-state index >= 15 is 0 Å². The molecule has 28 heavy (non-hydrogen) atoms. The van der Waals surface area contributed by atoms with E-state index in [1.54, 1.807) is 18.2 Å². The van der Waals surface area contributed by atoms with Crippen molar-refractivity contribution in [2.75, 3.05) is 0 Å². The molecule has 2 aromatic carbocycles. The highest BCUT2D eigenvalue weighted by Crippen LogP contribution is 2.28. The van der Waals surface area contributed by atoms with E-state index in [2.05, 4.69) is 14.9 Å². The van der Waals surface area contributed by atoms with Gasteiger partial charge in [-0.25, -0.2) is 4.98 Å². The Bertz CT molecular complexity index is 1030. The molecule has 1 aromatic heterocycles. The molecule has 0 bridgehead atoms. The molecule has 0 radical (unpaired) electrons. The van der Waals surface area contributed by atoms with Gasteiger partial charge in [0.05, 0.1) is 11.6 Å². The molecule has 0 saturated heterocycles. The summed E-state index contributed by atoms with van der Waals surface area (Å²) in [6, 6.07) is 12.6. The summed E-state index contributed by atoms with van der Waals surface area (Å²) in [6.07, 6.45) is 0. The summed E-state index contributed by atoms with van der Waals surface area (Å²) in [6.45, 7) is 0. The summed E-state index contributed by atoms with van der Waals surface area (Å²) in [7, 11) is -12.0. The van der Waals surface area contributed by atoms with Crippen LogP contribution in [0.1, 0.15) is 0 Å². The number of diazo groups is 2. The van der Waals surface area contributed by atoms with Gasteiger partial charge in [0.1, 0.15) is 0 Å². The summed E-state index contributed by atoms with van der Waals surface area (Å²) in [5.41, 5.74) is 2.16. The molecule has 0 atom stereocenters. The van der Waals surface area contributed by atoms with Gasteiger partial charge < -0.3 is 34.5 Å². The van der Waals surface area contributed by atoms with Crippen LogP contribution in [0.2, 0.25) is 0 Å². The number of nitrogens with zero attached hydrogens (tertiary/aromatic N) is 5. The number of benzene rings is 2. The standard InChI is InChI=1S/C13H7N5.2BF4/c14-17-10-5-4-8-6-9-2-1-3-11(18-15)13(9)16-12(8)7-10;2*2-1(3,4)5/h1-7H;;/q+2;2*-1. The predicted molar refractivity (Wildman–Crippen MR) is 89.1 cm³/mol. The zero-order valence-electron chi connectivity index (χ0n) is 13.5. The van der Waals surface area contributed by atoms with E-state index in [4.69, 9.17) is 10.8 Å². The molecule has 0 aliphatic carbocycles. The first-order chi connectivity index (χ1) is 12.8. The number of hydrogen-bond acceptors (Lipinski definition) is 3. The minimum absolute atomic E-state index is 0.417.